The Balaban J connectivity index is 1.79. The lowest BCUT2D eigenvalue weighted by Gasteiger charge is -2.49. The number of carbonyl (C=O) groups is 1. The van der Waals surface area contributed by atoms with Crippen molar-refractivity contribution in [3.05, 3.63) is 0 Å². The van der Waals surface area contributed by atoms with Crippen LogP contribution >= 0.6 is 0 Å². The Morgan fingerprint density at radius 3 is 2.17 bits per heavy atom. The number of aliphatic hydroxyl groups excluding tert-OH is 2. The summed E-state index contributed by atoms with van der Waals surface area (Å²) in [6.07, 6.45) is -6.51. The Labute approximate surface area is 311 Å². The van der Waals surface area contributed by atoms with Gasteiger partial charge in [-0.15, -0.1) is 0 Å². The summed E-state index contributed by atoms with van der Waals surface area (Å²) < 4.78 is 44.1. The summed E-state index contributed by atoms with van der Waals surface area (Å²) in [5.41, 5.74) is -4.68. The molecule has 18 atom stereocenters. The first-order chi connectivity index (χ1) is 24.0. The molecule has 1 spiro atoms. The minimum Gasteiger partial charge on any atom is -0.459 e. The number of methoxy groups -OCH3 is 1. The minimum absolute atomic E-state index is 0.139. The highest BCUT2D eigenvalue weighted by atomic mass is 16.7. The molecule has 0 aromatic carbocycles. The van der Waals surface area contributed by atoms with Crippen molar-refractivity contribution in [2.75, 3.05) is 34.4 Å². The summed E-state index contributed by atoms with van der Waals surface area (Å²) in [5, 5.41) is 50.2. The predicted molar refractivity (Wildman–Crippen MR) is 192 cm³/mol. The summed E-state index contributed by atoms with van der Waals surface area (Å²) in [6.45, 7) is 18.9. The fraction of sp³-hybridized carbons (Fsp3) is 0.974. The first kappa shape index (κ1) is 43.7. The highest BCUT2D eigenvalue weighted by Crippen LogP contribution is 2.51. The average Bonchev–Trinajstić information content (AvgIpc) is 3.88. The number of nitrogens with zero attached hydrogens (tertiary/aromatic N) is 1. The summed E-state index contributed by atoms with van der Waals surface area (Å²) in [4.78, 5) is 16.1. The molecular formula is C38H70N2O12. The van der Waals surface area contributed by atoms with Gasteiger partial charge in [0.25, 0.3) is 0 Å². The molecule has 0 saturated carbocycles. The van der Waals surface area contributed by atoms with Crippen LogP contribution in [0.1, 0.15) is 94.9 Å². The minimum atomic E-state index is -1.78. The number of likely N-dealkylation sites (N-methyl/N-ethyl adjacent to an activating group) is 1. The molecule has 52 heavy (non-hydrogen) atoms. The summed E-state index contributed by atoms with van der Waals surface area (Å²) in [5.74, 6) is -2.48. The van der Waals surface area contributed by atoms with E-state index in [9.17, 15) is 25.2 Å². The number of carbonyl (C=O) groups excluding carboxylic acids is 1. The van der Waals surface area contributed by atoms with E-state index in [1.165, 1.54) is 6.92 Å². The van der Waals surface area contributed by atoms with Gasteiger partial charge in [0, 0.05) is 31.5 Å². The number of epoxide rings is 1. The van der Waals surface area contributed by atoms with E-state index in [-0.39, 0.29) is 30.9 Å². The number of esters is 1. The van der Waals surface area contributed by atoms with Gasteiger partial charge in [-0.1, -0.05) is 20.8 Å². The van der Waals surface area contributed by atoms with Gasteiger partial charge < -0.3 is 63.8 Å². The molecular weight excluding hydrogens is 676 g/mol. The van der Waals surface area contributed by atoms with Crippen LogP contribution in [0.3, 0.4) is 0 Å². The molecule has 14 heteroatoms. The van der Waals surface area contributed by atoms with Gasteiger partial charge in [-0.25, -0.2) is 0 Å². The van der Waals surface area contributed by atoms with Crippen molar-refractivity contribution in [2.24, 2.45) is 17.8 Å². The average molecular weight is 747 g/mol. The third-order valence-corrected chi connectivity index (χ3v) is 12.6. The van der Waals surface area contributed by atoms with Crippen LogP contribution in [0.4, 0.5) is 0 Å². The van der Waals surface area contributed by atoms with Gasteiger partial charge in [-0.05, 0) is 94.3 Å². The van der Waals surface area contributed by atoms with Crippen LogP contribution in [-0.4, -0.2) is 155 Å². The largest absolute Gasteiger partial charge is 0.459 e. The molecule has 4 rings (SSSR count). The SMILES string of the molecule is CC[C@H]1OC(=O)[C@H](C)[C@@H](O[C@H]2C[C@@](C)(OC)[C@]3(CO3)[C@H](C)O2)[C@H](C)C(O[C@@H]2O[C@H](C)C[C@H](N(C)C)[C@H]2O)[C@](C)(O)C[C@@H](C)CN[C@H](C)[C@@H](O)[C@]1(C)O. The maximum atomic E-state index is 14.2. The van der Waals surface area contributed by atoms with Crippen LogP contribution in [0, 0.1) is 17.8 Å². The maximum Gasteiger partial charge on any atom is 0.311 e. The van der Waals surface area contributed by atoms with Crippen molar-refractivity contribution in [1.29, 1.82) is 0 Å². The fourth-order valence-electron chi connectivity index (χ4n) is 9.03. The van der Waals surface area contributed by atoms with Crippen LogP contribution in [0.5, 0.6) is 0 Å². The van der Waals surface area contributed by atoms with Crippen molar-refractivity contribution in [3.63, 3.8) is 0 Å². The van der Waals surface area contributed by atoms with E-state index in [2.05, 4.69) is 5.32 Å². The predicted octanol–water partition coefficient (Wildman–Crippen LogP) is 1.97. The molecule has 1 unspecified atom stereocenters. The number of hydrogen-bond acceptors (Lipinski definition) is 14. The van der Waals surface area contributed by atoms with Crippen LogP contribution in [0.25, 0.3) is 0 Å². The van der Waals surface area contributed by atoms with E-state index < -0.39 is 95.5 Å². The van der Waals surface area contributed by atoms with E-state index in [0.717, 1.165) is 0 Å². The Bertz CT molecular complexity index is 1180. The van der Waals surface area contributed by atoms with E-state index in [1.807, 2.05) is 53.6 Å². The number of aliphatic hydroxyl groups is 4. The summed E-state index contributed by atoms with van der Waals surface area (Å²) >= 11 is 0. The van der Waals surface area contributed by atoms with E-state index >= 15 is 0 Å². The second kappa shape index (κ2) is 16.6. The highest BCUT2D eigenvalue weighted by Gasteiger charge is 2.67. The van der Waals surface area contributed by atoms with Gasteiger partial charge in [-0.2, -0.15) is 0 Å². The number of rotatable bonds is 7. The number of hydrogen-bond donors (Lipinski definition) is 5. The van der Waals surface area contributed by atoms with Crippen molar-refractivity contribution in [2.45, 2.75) is 185 Å². The zero-order valence-corrected chi connectivity index (χ0v) is 33.8. The first-order valence-electron chi connectivity index (χ1n) is 19.3. The Hall–Kier alpha value is -1.01. The smallest absolute Gasteiger partial charge is 0.311 e. The fourth-order valence-corrected chi connectivity index (χ4v) is 9.03. The second-order valence-corrected chi connectivity index (χ2v) is 17.3. The van der Waals surface area contributed by atoms with Crippen molar-refractivity contribution < 1.29 is 58.4 Å². The molecule has 14 nitrogen and oxygen atoms in total. The van der Waals surface area contributed by atoms with Gasteiger partial charge in [0.1, 0.15) is 35.1 Å². The lowest BCUT2D eigenvalue weighted by Crippen LogP contribution is -2.61. The molecule has 4 saturated heterocycles. The zero-order chi connectivity index (χ0) is 39.1. The van der Waals surface area contributed by atoms with Crippen LogP contribution in [0.15, 0.2) is 0 Å². The highest BCUT2D eigenvalue weighted by molar-refractivity contribution is 5.73. The number of ether oxygens (including phenoxy) is 7. The number of cyclic esters (lactones) is 1. The maximum absolute atomic E-state index is 14.2. The Morgan fingerprint density at radius 2 is 1.62 bits per heavy atom. The van der Waals surface area contributed by atoms with Crippen LogP contribution in [0.2, 0.25) is 0 Å². The molecule has 4 aliphatic heterocycles. The van der Waals surface area contributed by atoms with Crippen LogP contribution < -0.4 is 5.32 Å². The van der Waals surface area contributed by atoms with E-state index in [4.69, 9.17) is 33.2 Å². The lowest BCUT2D eigenvalue weighted by molar-refractivity contribution is -0.315. The first-order valence-corrected chi connectivity index (χ1v) is 19.3. The van der Waals surface area contributed by atoms with Crippen molar-refractivity contribution in [1.82, 2.24) is 10.2 Å². The summed E-state index contributed by atoms with van der Waals surface area (Å²) in [7, 11) is 5.42. The van der Waals surface area contributed by atoms with Crippen molar-refractivity contribution >= 4 is 5.97 Å². The number of nitrogens with one attached hydrogen (secondary N) is 1. The molecule has 0 radical (unpaired) electrons. The Kier molecular flexibility index (Phi) is 14.0. The molecule has 0 aromatic rings. The third kappa shape index (κ3) is 8.84. The molecule has 0 aromatic heterocycles. The second-order valence-electron chi connectivity index (χ2n) is 17.3. The van der Waals surface area contributed by atoms with Gasteiger partial charge in [0.2, 0.25) is 0 Å². The Morgan fingerprint density at radius 1 is 0.981 bits per heavy atom. The quantitative estimate of drug-likeness (QED) is 0.189. The molecule has 0 amide bonds. The molecule has 304 valence electrons. The third-order valence-electron chi connectivity index (χ3n) is 12.6. The molecule has 0 bridgehead atoms. The van der Waals surface area contributed by atoms with Gasteiger partial charge in [0.15, 0.2) is 12.6 Å². The van der Waals surface area contributed by atoms with Crippen LogP contribution in [-0.2, 0) is 38.0 Å². The molecule has 4 aliphatic rings. The standard InChI is InChI=1S/C38H70N2O12/c1-14-27-37(10,45)31(42)24(6)39-18-20(2)16-35(8,44)32(52-34-29(41)26(40(11)12)15-21(3)48-34)22(4)30(23(5)33(43)50-27)51-28-17-36(9,46-13)38(19-47-38)25(7)49-28/h20-32,34,39,41-42,44-45H,14-19H2,1-13H3/t20-,21-,22+,23-,24-,25+,26+,27-,28+,29-,30+,31-,32?,34+,35-,36-,37-,38+/m1/s1. The summed E-state index contributed by atoms with van der Waals surface area (Å²) in [6, 6.07) is -0.831. The molecule has 5 N–H and O–H groups in total. The molecule has 0 aliphatic carbocycles. The van der Waals surface area contributed by atoms with Gasteiger partial charge in [0.05, 0.1) is 42.5 Å². The topological polar surface area (TPSA) is 181 Å². The van der Waals surface area contributed by atoms with Crippen molar-refractivity contribution in [3.8, 4) is 0 Å². The molecule has 4 heterocycles. The van der Waals surface area contributed by atoms with E-state index in [1.54, 1.807) is 34.8 Å². The molecule has 4 fully saturated rings. The normalized spacial score (nSPS) is 51.5. The lowest BCUT2D eigenvalue weighted by atomic mass is 9.77. The van der Waals surface area contributed by atoms with E-state index in [0.29, 0.717) is 26.0 Å². The van der Waals surface area contributed by atoms with Gasteiger partial charge in [-0.3, -0.25) is 4.79 Å². The zero-order valence-electron chi connectivity index (χ0n) is 33.8. The monoisotopic (exact) mass is 746 g/mol. The van der Waals surface area contributed by atoms with Gasteiger partial charge >= 0.3 is 5.97 Å².